The molecule has 0 N–H and O–H groups in total. The molecule has 14 heavy (non-hydrogen) atoms. The summed E-state index contributed by atoms with van der Waals surface area (Å²) in [5.41, 5.74) is 0. The van der Waals surface area contributed by atoms with Crippen molar-refractivity contribution >= 4 is 24.4 Å². The summed E-state index contributed by atoms with van der Waals surface area (Å²) in [6.07, 6.45) is 0.339. The lowest BCUT2D eigenvalue weighted by atomic mass is 10.1. The van der Waals surface area contributed by atoms with E-state index in [1.165, 1.54) is 4.90 Å². The van der Waals surface area contributed by atoms with Crippen molar-refractivity contribution < 1.29 is 14.3 Å². The third kappa shape index (κ3) is 2.72. The summed E-state index contributed by atoms with van der Waals surface area (Å²) in [6.45, 7) is 3.10. The highest BCUT2D eigenvalue weighted by molar-refractivity contribution is 7.80. The molecular weight excluding hydrogens is 202 g/mol. The molecule has 0 radical (unpaired) electrons. The number of hydrogen-bond acceptors (Lipinski definition) is 4. The van der Waals surface area contributed by atoms with Gasteiger partial charge >= 0.3 is 0 Å². The summed E-state index contributed by atoms with van der Waals surface area (Å²) in [7, 11) is 0. The molecule has 0 aromatic rings. The Labute approximate surface area is 89.0 Å². The molecule has 0 saturated carbocycles. The van der Waals surface area contributed by atoms with Gasteiger partial charge < -0.3 is 4.74 Å². The number of hydrogen-bond donors (Lipinski definition) is 1. The molecule has 1 unspecified atom stereocenters. The molecule has 0 bridgehead atoms. The van der Waals surface area contributed by atoms with E-state index in [1.54, 1.807) is 6.92 Å². The SMILES string of the molecule is CC1CC(=O)N(CCOCCS)C1=O. The molecule has 2 amide bonds. The van der Waals surface area contributed by atoms with Gasteiger partial charge in [-0.3, -0.25) is 14.5 Å². The Kier molecular flexibility index (Phi) is 4.41. The number of nitrogens with zero attached hydrogens (tertiary/aromatic N) is 1. The molecule has 0 spiro atoms. The van der Waals surface area contributed by atoms with Gasteiger partial charge in [0, 0.05) is 18.1 Å². The second-order valence-corrected chi connectivity index (χ2v) is 3.77. The van der Waals surface area contributed by atoms with Crippen molar-refractivity contribution in [2.75, 3.05) is 25.5 Å². The number of rotatable bonds is 5. The van der Waals surface area contributed by atoms with Crippen LogP contribution in [0.25, 0.3) is 0 Å². The van der Waals surface area contributed by atoms with Gasteiger partial charge in [-0.2, -0.15) is 12.6 Å². The number of amides is 2. The summed E-state index contributed by atoms with van der Waals surface area (Å²) < 4.78 is 5.15. The maximum atomic E-state index is 11.4. The van der Waals surface area contributed by atoms with Gasteiger partial charge in [-0.25, -0.2) is 0 Å². The molecule has 80 valence electrons. The quantitative estimate of drug-likeness (QED) is 0.410. The number of thiol groups is 1. The van der Waals surface area contributed by atoms with Crippen molar-refractivity contribution in [2.24, 2.45) is 5.92 Å². The standard InChI is InChI=1S/C9H15NO3S/c1-7-6-8(11)10(9(7)12)2-3-13-4-5-14/h7,14H,2-6H2,1H3. The number of ether oxygens (including phenoxy) is 1. The highest BCUT2D eigenvalue weighted by Crippen LogP contribution is 2.17. The summed E-state index contributed by atoms with van der Waals surface area (Å²) in [6, 6.07) is 0. The van der Waals surface area contributed by atoms with Crippen LogP contribution < -0.4 is 0 Å². The maximum Gasteiger partial charge on any atom is 0.232 e. The molecule has 1 saturated heterocycles. The maximum absolute atomic E-state index is 11.4. The van der Waals surface area contributed by atoms with E-state index in [1.807, 2.05) is 0 Å². The molecule has 1 fully saturated rings. The number of imide groups is 1. The third-order valence-corrected chi connectivity index (χ3v) is 2.35. The molecule has 5 heteroatoms. The minimum atomic E-state index is -0.160. The van der Waals surface area contributed by atoms with E-state index >= 15 is 0 Å². The fraction of sp³-hybridized carbons (Fsp3) is 0.778. The second-order valence-electron chi connectivity index (χ2n) is 3.32. The average Bonchev–Trinajstić information content (AvgIpc) is 2.38. The van der Waals surface area contributed by atoms with Crippen LogP contribution in [0.3, 0.4) is 0 Å². The predicted octanol–water partition coefficient (Wildman–Crippen LogP) is 0.328. The first kappa shape index (κ1) is 11.5. The molecule has 1 atom stereocenters. The van der Waals surface area contributed by atoms with Crippen molar-refractivity contribution in [3.63, 3.8) is 0 Å². The summed E-state index contributed by atoms with van der Waals surface area (Å²) in [5, 5.41) is 0. The van der Waals surface area contributed by atoms with Crippen LogP contribution in [0.4, 0.5) is 0 Å². The van der Waals surface area contributed by atoms with Crippen molar-refractivity contribution in [3.8, 4) is 0 Å². The predicted molar refractivity (Wildman–Crippen MR) is 55.2 cm³/mol. The smallest absolute Gasteiger partial charge is 0.232 e. The van der Waals surface area contributed by atoms with Gasteiger partial charge in [0.1, 0.15) is 0 Å². The second kappa shape index (κ2) is 5.36. The summed E-state index contributed by atoms with van der Waals surface area (Å²) in [5.74, 6) is 0.326. The zero-order chi connectivity index (χ0) is 10.6. The van der Waals surface area contributed by atoms with Crippen LogP contribution in [0.2, 0.25) is 0 Å². The molecule has 1 rings (SSSR count). The first-order valence-corrected chi connectivity index (χ1v) is 5.33. The van der Waals surface area contributed by atoms with E-state index in [0.717, 1.165) is 0 Å². The van der Waals surface area contributed by atoms with Crippen LogP contribution in [0.5, 0.6) is 0 Å². The van der Waals surface area contributed by atoms with Crippen LogP contribution in [0.15, 0.2) is 0 Å². The van der Waals surface area contributed by atoms with E-state index in [0.29, 0.717) is 31.9 Å². The molecular formula is C9H15NO3S. The Hall–Kier alpha value is -0.550. The minimum absolute atomic E-state index is 0.0792. The largest absolute Gasteiger partial charge is 0.379 e. The number of likely N-dealkylation sites (tertiary alicyclic amines) is 1. The van der Waals surface area contributed by atoms with Gasteiger partial charge in [0.05, 0.1) is 19.8 Å². The zero-order valence-electron chi connectivity index (χ0n) is 8.23. The average molecular weight is 217 g/mol. The van der Waals surface area contributed by atoms with Crippen molar-refractivity contribution in [1.82, 2.24) is 4.90 Å². The van der Waals surface area contributed by atoms with Crippen LogP contribution in [-0.2, 0) is 14.3 Å². The fourth-order valence-electron chi connectivity index (χ4n) is 1.41. The van der Waals surface area contributed by atoms with Gasteiger partial charge in [-0.15, -0.1) is 0 Å². The molecule has 1 aliphatic heterocycles. The lowest BCUT2D eigenvalue weighted by Crippen LogP contribution is -2.33. The topological polar surface area (TPSA) is 46.6 Å². The summed E-state index contributed by atoms with van der Waals surface area (Å²) >= 11 is 3.98. The van der Waals surface area contributed by atoms with Gasteiger partial charge in [0.25, 0.3) is 0 Å². The Morgan fingerprint density at radius 1 is 1.50 bits per heavy atom. The molecule has 4 nitrogen and oxygen atoms in total. The molecule has 0 aliphatic carbocycles. The van der Waals surface area contributed by atoms with E-state index in [2.05, 4.69) is 12.6 Å². The van der Waals surface area contributed by atoms with Crippen LogP contribution >= 0.6 is 12.6 Å². The Bertz CT molecular complexity index is 232. The molecule has 1 heterocycles. The van der Waals surface area contributed by atoms with Crippen molar-refractivity contribution in [2.45, 2.75) is 13.3 Å². The van der Waals surface area contributed by atoms with Crippen LogP contribution in [-0.4, -0.2) is 42.2 Å². The minimum Gasteiger partial charge on any atom is -0.379 e. The van der Waals surface area contributed by atoms with Gasteiger partial charge in [-0.05, 0) is 0 Å². The zero-order valence-corrected chi connectivity index (χ0v) is 9.13. The van der Waals surface area contributed by atoms with Crippen LogP contribution in [0, 0.1) is 5.92 Å². The van der Waals surface area contributed by atoms with Gasteiger partial charge in [0.2, 0.25) is 11.8 Å². The molecule has 0 aromatic heterocycles. The molecule has 1 aliphatic rings. The van der Waals surface area contributed by atoms with Crippen LogP contribution in [0.1, 0.15) is 13.3 Å². The third-order valence-electron chi connectivity index (χ3n) is 2.16. The lowest BCUT2D eigenvalue weighted by Gasteiger charge is -2.13. The van der Waals surface area contributed by atoms with Crippen molar-refractivity contribution in [1.29, 1.82) is 0 Å². The van der Waals surface area contributed by atoms with E-state index in [9.17, 15) is 9.59 Å². The Morgan fingerprint density at radius 3 is 2.71 bits per heavy atom. The fourth-order valence-corrected chi connectivity index (χ4v) is 1.53. The monoisotopic (exact) mass is 217 g/mol. The Morgan fingerprint density at radius 2 is 2.21 bits per heavy atom. The van der Waals surface area contributed by atoms with Gasteiger partial charge in [-0.1, -0.05) is 6.92 Å². The Balaban J connectivity index is 2.30. The van der Waals surface area contributed by atoms with Gasteiger partial charge in [0.15, 0.2) is 0 Å². The molecule has 0 aromatic carbocycles. The number of carbonyl (C=O) groups excluding carboxylic acids is 2. The van der Waals surface area contributed by atoms with E-state index in [-0.39, 0.29) is 17.7 Å². The highest BCUT2D eigenvalue weighted by Gasteiger charge is 2.34. The summed E-state index contributed by atoms with van der Waals surface area (Å²) in [4.78, 5) is 24.0. The normalized spacial score (nSPS) is 22.1. The lowest BCUT2D eigenvalue weighted by molar-refractivity contribution is -0.140. The number of carbonyl (C=O) groups is 2. The highest BCUT2D eigenvalue weighted by atomic mass is 32.1. The van der Waals surface area contributed by atoms with Crippen molar-refractivity contribution in [3.05, 3.63) is 0 Å². The first-order valence-electron chi connectivity index (χ1n) is 4.69. The van der Waals surface area contributed by atoms with E-state index in [4.69, 9.17) is 4.74 Å². The first-order chi connectivity index (χ1) is 6.66. The van der Waals surface area contributed by atoms with E-state index < -0.39 is 0 Å².